The highest BCUT2D eigenvalue weighted by atomic mass is 32.2. The Labute approximate surface area is 109 Å². The summed E-state index contributed by atoms with van der Waals surface area (Å²) < 4.78 is 21.8. The molecule has 0 aliphatic rings. The molecule has 0 spiro atoms. The largest absolute Gasteiger partial charge is 0.302 e. The molecular formula is C11H22N2O2S2. The third-order valence-electron chi connectivity index (χ3n) is 2.79. The van der Waals surface area contributed by atoms with Crippen LogP contribution < -0.4 is 5.32 Å². The summed E-state index contributed by atoms with van der Waals surface area (Å²) >= 11 is 1.64. The van der Waals surface area contributed by atoms with E-state index in [4.69, 9.17) is 5.26 Å². The van der Waals surface area contributed by atoms with E-state index in [1.165, 1.54) is 6.26 Å². The highest BCUT2D eigenvalue weighted by molar-refractivity contribution is 8.00. The normalized spacial score (nSPS) is 15.2. The molecule has 0 saturated carbocycles. The molecule has 0 saturated heterocycles. The van der Waals surface area contributed by atoms with E-state index in [-0.39, 0.29) is 5.75 Å². The van der Waals surface area contributed by atoms with Gasteiger partial charge in [0.1, 0.15) is 15.4 Å². The summed E-state index contributed by atoms with van der Waals surface area (Å²) in [5.41, 5.74) is -0.419. The number of nitrogens with one attached hydrogen (secondary N) is 1. The van der Waals surface area contributed by atoms with Gasteiger partial charge in [-0.1, -0.05) is 6.92 Å². The molecular weight excluding hydrogens is 256 g/mol. The third kappa shape index (κ3) is 7.63. The monoisotopic (exact) mass is 278 g/mol. The first-order valence-corrected chi connectivity index (χ1v) is 8.96. The van der Waals surface area contributed by atoms with E-state index in [1.807, 2.05) is 14.0 Å². The molecule has 0 bridgehead atoms. The lowest BCUT2D eigenvalue weighted by molar-refractivity contribution is 0.400. The van der Waals surface area contributed by atoms with Gasteiger partial charge in [-0.05, 0) is 32.1 Å². The molecule has 4 nitrogen and oxygen atoms in total. The number of thioether (sulfide) groups is 1. The highest BCUT2D eigenvalue weighted by Crippen LogP contribution is 2.17. The fourth-order valence-corrected chi connectivity index (χ4v) is 3.69. The van der Waals surface area contributed by atoms with Crippen LogP contribution in [-0.4, -0.2) is 44.5 Å². The summed E-state index contributed by atoms with van der Waals surface area (Å²) in [6.45, 7) is 2.00. The summed E-state index contributed by atoms with van der Waals surface area (Å²) in [4.78, 5) is 0. The van der Waals surface area contributed by atoms with Crippen molar-refractivity contribution in [1.82, 2.24) is 5.32 Å². The minimum atomic E-state index is -2.84. The first-order valence-electron chi connectivity index (χ1n) is 5.75. The Balaban J connectivity index is 3.75. The molecule has 0 heterocycles. The van der Waals surface area contributed by atoms with Gasteiger partial charge >= 0.3 is 0 Å². The molecule has 0 rings (SSSR count). The quantitative estimate of drug-likeness (QED) is 0.646. The van der Waals surface area contributed by atoms with E-state index in [9.17, 15) is 8.42 Å². The molecule has 0 aromatic carbocycles. The maximum atomic E-state index is 10.9. The SMILES string of the molecule is CCC(C#N)(CCCSCCS(C)(=O)=O)NC. The fraction of sp³-hybridized carbons (Fsp3) is 0.909. The van der Waals surface area contributed by atoms with Crippen molar-refractivity contribution in [3.8, 4) is 6.07 Å². The van der Waals surface area contributed by atoms with Crippen molar-refractivity contribution < 1.29 is 8.42 Å². The molecule has 100 valence electrons. The molecule has 0 aliphatic carbocycles. The lowest BCUT2D eigenvalue weighted by Crippen LogP contribution is -2.40. The first-order chi connectivity index (χ1) is 7.89. The van der Waals surface area contributed by atoms with Gasteiger partial charge in [0.15, 0.2) is 0 Å². The van der Waals surface area contributed by atoms with Crippen LogP contribution in [0.25, 0.3) is 0 Å². The van der Waals surface area contributed by atoms with Gasteiger partial charge in [-0.2, -0.15) is 17.0 Å². The van der Waals surface area contributed by atoms with E-state index in [0.717, 1.165) is 25.0 Å². The maximum Gasteiger partial charge on any atom is 0.148 e. The number of sulfone groups is 1. The van der Waals surface area contributed by atoms with Crippen LogP contribution in [0.1, 0.15) is 26.2 Å². The Hall–Kier alpha value is -0.250. The number of hydrogen-bond acceptors (Lipinski definition) is 5. The zero-order valence-corrected chi connectivity index (χ0v) is 12.5. The average Bonchev–Trinajstić information content (AvgIpc) is 2.28. The maximum absolute atomic E-state index is 10.9. The second-order valence-electron chi connectivity index (χ2n) is 4.14. The van der Waals surface area contributed by atoms with Crippen LogP contribution >= 0.6 is 11.8 Å². The van der Waals surface area contributed by atoms with Crippen molar-refractivity contribution in [2.24, 2.45) is 0 Å². The highest BCUT2D eigenvalue weighted by Gasteiger charge is 2.24. The van der Waals surface area contributed by atoms with Crippen LogP contribution in [0.3, 0.4) is 0 Å². The number of nitriles is 1. The number of rotatable bonds is 9. The lowest BCUT2D eigenvalue weighted by Gasteiger charge is -2.24. The molecule has 1 atom stereocenters. The smallest absolute Gasteiger partial charge is 0.148 e. The predicted molar refractivity (Wildman–Crippen MR) is 74.0 cm³/mol. The van der Waals surface area contributed by atoms with Gasteiger partial charge in [-0.15, -0.1) is 0 Å². The summed E-state index contributed by atoms with van der Waals surface area (Å²) in [7, 11) is -1.03. The van der Waals surface area contributed by atoms with Gasteiger partial charge in [0.2, 0.25) is 0 Å². The Bertz CT molecular complexity index is 343. The topological polar surface area (TPSA) is 70.0 Å². The van der Waals surface area contributed by atoms with Crippen molar-refractivity contribution in [3.63, 3.8) is 0 Å². The summed E-state index contributed by atoms with van der Waals surface area (Å²) in [5, 5.41) is 12.2. The Morgan fingerprint density at radius 3 is 2.47 bits per heavy atom. The van der Waals surface area contributed by atoms with Gasteiger partial charge in [0, 0.05) is 12.0 Å². The molecule has 0 radical (unpaired) electrons. The summed E-state index contributed by atoms with van der Waals surface area (Å²) in [5.74, 6) is 1.78. The second-order valence-corrected chi connectivity index (χ2v) is 7.63. The Morgan fingerprint density at radius 1 is 1.41 bits per heavy atom. The molecule has 1 unspecified atom stereocenters. The molecule has 6 heteroatoms. The van der Waals surface area contributed by atoms with Crippen LogP contribution in [-0.2, 0) is 9.84 Å². The Kier molecular flexibility index (Phi) is 7.84. The number of hydrogen-bond donors (Lipinski definition) is 1. The molecule has 0 aromatic heterocycles. The fourth-order valence-electron chi connectivity index (χ4n) is 1.46. The van der Waals surface area contributed by atoms with Crippen LogP contribution in [0.2, 0.25) is 0 Å². The van der Waals surface area contributed by atoms with Crippen molar-refractivity contribution in [2.45, 2.75) is 31.7 Å². The molecule has 1 N–H and O–H groups in total. The van der Waals surface area contributed by atoms with E-state index < -0.39 is 15.4 Å². The van der Waals surface area contributed by atoms with Crippen LogP contribution in [0.15, 0.2) is 0 Å². The molecule has 17 heavy (non-hydrogen) atoms. The predicted octanol–water partition coefficient (Wildman–Crippen LogP) is 1.44. The van der Waals surface area contributed by atoms with Crippen LogP contribution in [0.4, 0.5) is 0 Å². The summed E-state index contributed by atoms with van der Waals surface area (Å²) in [6, 6.07) is 2.31. The van der Waals surface area contributed by atoms with Gasteiger partial charge in [-0.3, -0.25) is 0 Å². The lowest BCUT2D eigenvalue weighted by atomic mass is 9.93. The van der Waals surface area contributed by atoms with Crippen molar-refractivity contribution >= 4 is 21.6 Å². The van der Waals surface area contributed by atoms with Gasteiger partial charge in [-0.25, -0.2) is 8.42 Å². The van der Waals surface area contributed by atoms with Gasteiger partial charge < -0.3 is 5.32 Å². The minimum Gasteiger partial charge on any atom is -0.302 e. The van der Waals surface area contributed by atoms with Gasteiger partial charge in [0.05, 0.1) is 11.8 Å². The first kappa shape index (κ1) is 16.8. The minimum absolute atomic E-state index is 0.237. The van der Waals surface area contributed by atoms with E-state index in [2.05, 4.69) is 11.4 Å². The molecule has 0 amide bonds. The standard InChI is InChI=1S/C11H22N2O2S2/c1-4-11(10-12,13-2)6-5-7-16-8-9-17(3,14)15/h13H,4-9H2,1-3H3. The van der Waals surface area contributed by atoms with E-state index >= 15 is 0 Å². The zero-order valence-electron chi connectivity index (χ0n) is 10.8. The molecule has 0 fully saturated rings. The van der Waals surface area contributed by atoms with Gasteiger partial charge in [0.25, 0.3) is 0 Å². The molecule has 0 aliphatic heterocycles. The zero-order chi connectivity index (χ0) is 13.4. The van der Waals surface area contributed by atoms with E-state index in [0.29, 0.717) is 5.75 Å². The van der Waals surface area contributed by atoms with Crippen LogP contribution in [0.5, 0.6) is 0 Å². The van der Waals surface area contributed by atoms with Crippen molar-refractivity contribution in [3.05, 3.63) is 0 Å². The number of nitrogens with zero attached hydrogens (tertiary/aromatic N) is 1. The van der Waals surface area contributed by atoms with Crippen molar-refractivity contribution in [1.29, 1.82) is 5.26 Å². The third-order valence-corrected chi connectivity index (χ3v) is 5.06. The van der Waals surface area contributed by atoms with E-state index in [1.54, 1.807) is 11.8 Å². The average molecular weight is 278 g/mol. The summed E-state index contributed by atoms with van der Waals surface area (Å²) in [6.07, 6.45) is 3.78. The Morgan fingerprint density at radius 2 is 2.06 bits per heavy atom. The molecule has 0 aromatic rings. The van der Waals surface area contributed by atoms with Crippen LogP contribution in [0, 0.1) is 11.3 Å². The second kappa shape index (κ2) is 7.96. The van der Waals surface area contributed by atoms with Crippen molar-refractivity contribution in [2.75, 3.05) is 30.6 Å².